The second kappa shape index (κ2) is 13.5. The number of hydrogen-bond acceptors (Lipinski definition) is 4. The van der Waals surface area contributed by atoms with Gasteiger partial charge in [0, 0.05) is 11.8 Å². The van der Waals surface area contributed by atoms with Crippen LogP contribution in [-0.4, -0.2) is 11.1 Å². The van der Waals surface area contributed by atoms with E-state index >= 15 is 0 Å². The van der Waals surface area contributed by atoms with Gasteiger partial charge in [0.25, 0.3) is 0 Å². The lowest BCUT2D eigenvalue weighted by Crippen LogP contribution is -2.55. The van der Waals surface area contributed by atoms with Gasteiger partial charge >= 0.3 is 5.97 Å². The van der Waals surface area contributed by atoms with Gasteiger partial charge in [-0.3, -0.25) is 0 Å². The molecule has 6 rings (SSSR count). The maximum atomic E-state index is 11.5. The van der Waals surface area contributed by atoms with E-state index in [0.717, 1.165) is 47.3 Å². The van der Waals surface area contributed by atoms with Crippen LogP contribution in [0.5, 0.6) is 11.5 Å². The molecule has 5 N–H and O–H groups in total. The predicted octanol–water partition coefficient (Wildman–Crippen LogP) is 10.9. The summed E-state index contributed by atoms with van der Waals surface area (Å²) in [5.41, 5.74) is 16.3. The molecule has 47 heavy (non-hydrogen) atoms. The van der Waals surface area contributed by atoms with Crippen molar-refractivity contribution in [1.82, 2.24) is 0 Å². The third kappa shape index (κ3) is 6.45. The number of carboxylic acid groups (broad SMARTS) is 1. The van der Waals surface area contributed by atoms with Crippen molar-refractivity contribution >= 4 is 23.4 Å². The Kier molecular flexibility index (Phi) is 9.76. The van der Waals surface area contributed by atoms with Gasteiger partial charge in [0.1, 0.15) is 11.5 Å². The number of aliphatic carboxylic acids is 1. The summed E-state index contributed by atoms with van der Waals surface area (Å²) in [7, 11) is 0. The van der Waals surface area contributed by atoms with Gasteiger partial charge in [0.05, 0.1) is 5.69 Å². The van der Waals surface area contributed by atoms with Gasteiger partial charge in [-0.15, -0.1) is 0 Å². The lowest BCUT2D eigenvalue weighted by molar-refractivity contribution is -0.131. The molecule has 0 aliphatic heterocycles. The average molecular weight is 641 g/mol. The number of nitrogens with two attached hydrogens (primary N) is 2. The van der Waals surface area contributed by atoms with E-state index in [1.165, 1.54) is 82.3 Å². The maximum absolute atomic E-state index is 11.5. The number of carbonyl (C=O) groups is 1. The number of hydrogen-bond donors (Lipinski definition) is 3. The monoisotopic (exact) mass is 640 g/mol. The Labute approximate surface area is 283 Å². The summed E-state index contributed by atoms with van der Waals surface area (Å²) in [6, 6.07) is 11.6. The molecule has 2 aromatic rings. The van der Waals surface area contributed by atoms with Crippen LogP contribution in [0.15, 0.2) is 42.5 Å². The highest BCUT2D eigenvalue weighted by Crippen LogP contribution is 2.71. The Bertz CT molecular complexity index is 1470. The molecule has 5 nitrogen and oxygen atoms in total. The number of anilines is 2. The number of ether oxygens (including phenoxy) is 1. The second-order valence-electron chi connectivity index (χ2n) is 16.9. The van der Waals surface area contributed by atoms with Crippen molar-refractivity contribution in [3.05, 3.63) is 53.6 Å². The van der Waals surface area contributed by atoms with Crippen LogP contribution in [0.2, 0.25) is 0 Å². The normalized spacial score (nSPS) is 34.1. The molecule has 0 bridgehead atoms. The topological polar surface area (TPSA) is 98.6 Å². The fourth-order valence-electron chi connectivity index (χ4n) is 11.8. The van der Waals surface area contributed by atoms with Gasteiger partial charge in [-0.05, 0) is 157 Å². The molecule has 256 valence electrons. The Hall–Kier alpha value is -2.95. The lowest BCUT2D eigenvalue weighted by atomic mass is 9.42. The predicted molar refractivity (Wildman–Crippen MR) is 194 cm³/mol. The largest absolute Gasteiger partial charge is 0.478 e. The summed E-state index contributed by atoms with van der Waals surface area (Å²) >= 11 is 0. The molecule has 4 aliphatic carbocycles. The Morgan fingerprint density at radius 1 is 0.936 bits per heavy atom. The molecule has 2 unspecified atom stereocenters. The van der Waals surface area contributed by atoms with E-state index in [1.54, 1.807) is 12.1 Å². The van der Waals surface area contributed by atoms with E-state index in [1.807, 2.05) is 24.3 Å². The van der Waals surface area contributed by atoms with E-state index in [-0.39, 0.29) is 5.41 Å². The molecule has 5 heteroatoms. The quantitative estimate of drug-likeness (QED) is 0.177. The van der Waals surface area contributed by atoms with Crippen LogP contribution in [0.3, 0.4) is 0 Å². The van der Waals surface area contributed by atoms with E-state index in [9.17, 15) is 9.90 Å². The molecule has 9 atom stereocenters. The first-order valence-electron chi connectivity index (χ1n) is 18.8. The van der Waals surface area contributed by atoms with Crippen molar-refractivity contribution in [2.24, 2.45) is 52.3 Å². The third-order valence-corrected chi connectivity index (χ3v) is 14.0. The van der Waals surface area contributed by atoms with Crippen molar-refractivity contribution in [3.63, 3.8) is 0 Å². The second-order valence-corrected chi connectivity index (χ2v) is 16.9. The molecular weight excluding hydrogens is 580 g/mol. The summed E-state index contributed by atoms with van der Waals surface area (Å²) in [5, 5.41) is 9.40. The summed E-state index contributed by atoms with van der Waals surface area (Å²) in [4.78, 5) is 11.5. The first-order valence-corrected chi connectivity index (χ1v) is 18.8. The molecule has 4 saturated carbocycles. The molecule has 0 aromatic heterocycles. The fourth-order valence-corrected chi connectivity index (χ4v) is 11.8. The molecule has 0 radical (unpaired) electrons. The summed E-state index contributed by atoms with van der Waals surface area (Å²) in [6.07, 6.45) is 19.0. The number of carboxylic acids is 1. The molecule has 2 aromatic carbocycles. The fraction of sp³-hybridized carbons (Fsp3) is 0.643. The minimum absolute atomic E-state index is 0.170. The molecule has 0 amide bonds. The van der Waals surface area contributed by atoms with Crippen LogP contribution in [0.1, 0.15) is 129 Å². The van der Waals surface area contributed by atoms with Gasteiger partial charge in [-0.1, -0.05) is 66.4 Å². The van der Waals surface area contributed by atoms with Gasteiger partial charge < -0.3 is 21.3 Å². The van der Waals surface area contributed by atoms with Crippen molar-refractivity contribution in [2.75, 3.05) is 11.5 Å². The number of rotatable bonds is 10. The molecular formula is C42H60N2O3. The smallest absolute Gasteiger partial charge is 0.328 e. The average Bonchev–Trinajstić information content (AvgIpc) is 3.38. The molecule has 0 heterocycles. The zero-order valence-electron chi connectivity index (χ0n) is 29.6. The zero-order valence-corrected chi connectivity index (χ0v) is 29.6. The minimum atomic E-state index is -0.935. The molecule has 4 fully saturated rings. The van der Waals surface area contributed by atoms with Crippen molar-refractivity contribution in [2.45, 2.75) is 118 Å². The lowest BCUT2D eigenvalue weighted by Gasteiger charge is -2.63. The highest BCUT2D eigenvalue weighted by atomic mass is 16.5. The van der Waals surface area contributed by atoms with Crippen molar-refractivity contribution in [3.8, 4) is 11.5 Å². The molecule has 0 spiro atoms. The summed E-state index contributed by atoms with van der Waals surface area (Å²) in [5.74, 6) is 6.34. The maximum Gasteiger partial charge on any atom is 0.328 e. The van der Waals surface area contributed by atoms with E-state index < -0.39 is 5.97 Å². The Morgan fingerprint density at radius 2 is 1.72 bits per heavy atom. The minimum Gasteiger partial charge on any atom is -0.478 e. The van der Waals surface area contributed by atoms with E-state index in [0.29, 0.717) is 40.3 Å². The third-order valence-electron chi connectivity index (χ3n) is 14.0. The first kappa shape index (κ1) is 33.9. The Morgan fingerprint density at radius 3 is 2.47 bits per heavy atom. The van der Waals surface area contributed by atoms with E-state index in [2.05, 4.69) is 40.7 Å². The highest BCUT2D eigenvalue weighted by molar-refractivity contribution is 5.85. The standard InChI is InChI=1S/C42H60N2O3/c1-26(2)8-6-9-27(3)33-17-18-34-31-16-14-29-10-7-11-35(42(29,5)36(31)22-23-41(33,34)4)32-24-28(13-21-40(45)46)12-19-38(32)47-39-20-15-30(43)25-37(39)44/h12-13,15,19-21,24-27,29,31,33-36H,6-11,14,16-18,22-23,43-44H2,1-5H3,(H,45,46)/t27-,29?,31+,33-,34+,35?,36+,41-,42-/m1/s1. The van der Waals surface area contributed by atoms with Crippen molar-refractivity contribution in [1.29, 1.82) is 0 Å². The first-order chi connectivity index (χ1) is 22.4. The van der Waals surface area contributed by atoms with Crippen LogP contribution in [0.4, 0.5) is 11.4 Å². The van der Waals surface area contributed by atoms with Crippen LogP contribution in [0, 0.1) is 52.3 Å². The summed E-state index contributed by atoms with van der Waals surface area (Å²) in [6.45, 7) is 12.6. The van der Waals surface area contributed by atoms with Gasteiger partial charge in [0.2, 0.25) is 0 Å². The van der Waals surface area contributed by atoms with Crippen LogP contribution >= 0.6 is 0 Å². The summed E-state index contributed by atoms with van der Waals surface area (Å²) < 4.78 is 6.64. The molecule has 0 saturated heterocycles. The number of benzene rings is 2. The molecule has 4 aliphatic rings. The van der Waals surface area contributed by atoms with Gasteiger partial charge in [0.15, 0.2) is 0 Å². The number of fused-ring (bicyclic) bond motifs is 5. The Balaban J connectivity index is 1.33. The SMILES string of the molecule is CC(C)CCC[C@@H](C)[C@H]1CC[C@H]2[C@@H]3CCC4CCCC(c5cc(C=CC(=O)O)ccc5Oc5ccc(N)cc5N)[C@]4(C)[C@H]3CC[C@]12C. The number of nitrogen functional groups attached to an aromatic ring is 2. The van der Waals surface area contributed by atoms with Gasteiger partial charge in [-0.2, -0.15) is 0 Å². The highest BCUT2D eigenvalue weighted by Gasteiger charge is 2.62. The van der Waals surface area contributed by atoms with Crippen LogP contribution < -0.4 is 16.2 Å². The van der Waals surface area contributed by atoms with Crippen LogP contribution in [-0.2, 0) is 4.79 Å². The van der Waals surface area contributed by atoms with E-state index in [4.69, 9.17) is 16.2 Å². The van der Waals surface area contributed by atoms with Gasteiger partial charge in [-0.25, -0.2) is 4.79 Å². The van der Waals surface area contributed by atoms with Crippen molar-refractivity contribution < 1.29 is 14.6 Å². The van der Waals surface area contributed by atoms with Crippen LogP contribution in [0.25, 0.3) is 6.08 Å². The zero-order chi connectivity index (χ0) is 33.5.